The van der Waals surface area contributed by atoms with Crippen molar-refractivity contribution in [2.75, 3.05) is 0 Å². The van der Waals surface area contributed by atoms with Gasteiger partial charge in [-0.05, 0) is 33.6 Å². The van der Waals surface area contributed by atoms with Crippen LogP contribution >= 0.6 is 15.9 Å². The fraction of sp³-hybridized carbons (Fsp3) is 0.200. The molecule has 14 heavy (non-hydrogen) atoms. The van der Waals surface area contributed by atoms with Crippen molar-refractivity contribution in [2.45, 2.75) is 6.42 Å². The van der Waals surface area contributed by atoms with Crippen LogP contribution in [0.2, 0.25) is 0 Å². The van der Waals surface area contributed by atoms with E-state index in [9.17, 15) is 0 Å². The first-order valence-electron chi connectivity index (χ1n) is 4.32. The van der Waals surface area contributed by atoms with Gasteiger partial charge in [0.05, 0.1) is 12.0 Å². The molecule has 0 unspecified atom stereocenters. The third-order valence-corrected chi connectivity index (χ3v) is 2.79. The number of halogens is 1. The largest absolute Gasteiger partial charge is 0.336 e. The molecule has 2 aromatic rings. The Balaban J connectivity index is 2.27. The predicted octanol–water partition coefficient (Wildman–Crippen LogP) is 2.17. The average Bonchev–Trinajstić information content (AvgIpc) is 2.51. The van der Waals surface area contributed by atoms with Crippen LogP contribution in [0.25, 0.3) is 0 Å². The lowest BCUT2D eigenvalue weighted by atomic mass is 10.1. The lowest BCUT2D eigenvalue weighted by Crippen LogP contribution is -1.97. The Bertz CT molecular complexity index is 403. The summed E-state index contributed by atoms with van der Waals surface area (Å²) in [6, 6.07) is 4.03. The number of aromatic nitrogens is 3. The van der Waals surface area contributed by atoms with Crippen LogP contribution in [0.1, 0.15) is 11.3 Å². The van der Waals surface area contributed by atoms with E-state index in [0.717, 1.165) is 11.0 Å². The molecule has 2 heterocycles. The number of pyridine rings is 1. The van der Waals surface area contributed by atoms with Crippen molar-refractivity contribution in [2.24, 2.45) is 7.05 Å². The Morgan fingerprint density at radius 2 is 2.07 bits per heavy atom. The normalized spacial score (nSPS) is 10.4. The molecule has 0 aliphatic carbocycles. The van der Waals surface area contributed by atoms with Crippen molar-refractivity contribution in [1.82, 2.24) is 14.5 Å². The summed E-state index contributed by atoms with van der Waals surface area (Å²) in [7, 11) is 1.99. The van der Waals surface area contributed by atoms with Gasteiger partial charge in [0, 0.05) is 25.9 Å². The summed E-state index contributed by atoms with van der Waals surface area (Å²) in [4.78, 5) is 8.16. The molecule has 0 amide bonds. The van der Waals surface area contributed by atoms with Crippen LogP contribution in [0.3, 0.4) is 0 Å². The van der Waals surface area contributed by atoms with Gasteiger partial charge in [-0.3, -0.25) is 4.98 Å². The summed E-state index contributed by atoms with van der Waals surface area (Å²) < 4.78 is 2.93. The van der Waals surface area contributed by atoms with Crippen LogP contribution in [0, 0.1) is 0 Å². The van der Waals surface area contributed by atoms with E-state index < -0.39 is 0 Å². The molecule has 0 aliphatic rings. The van der Waals surface area contributed by atoms with E-state index in [1.54, 1.807) is 18.7 Å². The second-order valence-corrected chi connectivity index (χ2v) is 3.88. The van der Waals surface area contributed by atoms with E-state index in [1.165, 1.54) is 11.3 Å². The lowest BCUT2D eigenvalue weighted by Gasteiger charge is -2.02. The molecule has 0 aromatic carbocycles. The van der Waals surface area contributed by atoms with Gasteiger partial charge < -0.3 is 4.57 Å². The lowest BCUT2D eigenvalue weighted by molar-refractivity contribution is 0.842. The van der Waals surface area contributed by atoms with Crippen LogP contribution < -0.4 is 0 Å². The van der Waals surface area contributed by atoms with E-state index in [4.69, 9.17) is 0 Å². The quantitative estimate of drug-likeness (QED) is 0.820. The van der Waals surface area contributed by atoms with Crippen LogP contribution in [0.4, 0.5) is 0 Å². The van der Waals surface area contributed by atoms with Crippen molar-refractivity contribution in [3.8, 4) is 0 Å². The molecule has 0 N–H and O–H groups in total. The van der Waals surface area contributed by atoms with Gasteiger partial charge in [0.15, 0.2) is 0 Å². The molecule has 3 nitrogen and oxygen atoms in total. The maximum absolute atomic E-state index is 4.18. The molecule has 0 saturated carbocycles. The smallest absolute Gasteiger partial charge is 0.127 e. The van der Waals surface area contributed by atoms with Crippen LogP contribution in [-0.2, 0) is 13.5 Å². The molecule has 0 saturated heterocycles. The van der Waals surface area contributed by atoms with E-state index in [0.29, 0.717) is 0 Å². The first kappa shape index (κ1) is 9.40. The molecule has 0 aliphatic heterocycles. The molecule has 2 aromatic heterocycles. The molecule has 2 rings (SSSR count). The van der Waals surface area contributed by atoms with Crippen molar-refractivity contribution < 1.29 is 0 Å². The number of aryl methyl sites for hydroxylation is 1. The summed E-state index contributed by atoms with van der Waals surface area (Å²) in [5, 5.41) is 0. The van der Waals surface area contributed by atoms with E-state index >= 15 is 0 Å². The van der Waals surface area contributed by atoms with E-state index in [1.807, 2.05) is 23.7 Å². The monoisotopic (exact) mass is 251 g/mol. The number of imidazole rings is 1. The number of hydrogen-bond donors (Lipinski definition) is 0. The SMILES string of the molecule is Cn1cnc(Br)c1Cc1ccncc1. The number of rotatable bonds is 2. The van der Waals surface area contributed by atoms with Gasteiger partial charge in [0.1, 0.15) is 4.60 Å². The molecule has 0 atom stereocenters. The number of nitrogens with zero attached hydrogens (tertiary/aromatic N) is 3. The Morgan fingerprint density at radius 3 is 2.64 bits per heavy atom. The van der Waals surface area contributed by atoms with Gasteiger partial charge in [-0.2, -0.15) is 0 Å². The highest BCUT2D eigenvalue weighted by Gasteiger charge is 2.06. The second-order valence-electron chi connectivity index (χ2n) is 3.13. The molecule has 4 heteroatoms. The first-order valence-corrected chi connectivity index (χ1v) is 5.11. The molecule has 72 valence electrons. The van der Waals surface area contributed by atoms with Gasteiger partial charge in [0.25, 0.3) is 0 Å². The van der Waals surface area contributed by atoms with Crippen molar-refractivity contribution >= 4 is 15.9 Å². The molecule has 0 fully saturated rings. The van der Waals surface area contributed by atoms with Crippen molar-refractivity contribution in [3.05, 3.63) is 46.7 Å². The highest BCUT2D eigenvalue weighted by Crippen LogP contribution is 2.17. The van der Waals surface area contributed by atoms with Gasteiger partial charge in [-0.25, -0.2) is 4.98 Å². The van der Waals surface area contributed by atoms with Gasteiger partial charge >= 0.3 is 0 Å². The van der Waals surface area contributed by atoms with Gasteiger partial charge in [-0.1, -0.05) is 0 Å². The maximum Gasteiger partial charge on any atom is 0.127 e. The fourth-order valence-corrected chi connectivity index (χ4v) is 1.83. The Morgan fingerprint density at radius 1 is 1.36 bits per heavy atom. The molecular formula is C10H10BrN3. The third-order valence-electron chi connectivity index (χ3n) is 2.13. The van der Waals surface area contributed by atoms with Gasteiger partial charge in [-0.15, -0.1) is 0 Å². The average molecular weight is 252 g/mol. The Kier molecular flexibility index (Phi) is 2.63. The minimum Gasteiger partial charge on any atom is -0.336 e. The zero-order chi connectivity index (χ0) is 9.97. The van der Waals surface area contributed by atoms with Gasteiger partial charge in [0.2, 0.25) is 0 Å². The van der Waals surface area contributed by atoms with E-state index in [2.05, 4.69) is 25.9 Å². The Hall–Kier alpha value is -1.16. The maximum atomic E-state index is 4.18. The summed E-state index contributed by atoms with van der Waals surface area (Å²) in [5.41, 5.74) is 2.42. The molecule has 0 spiro atoms. The predicted molar refractivity (Wildman–Crippen MR) is 58.0 cm³/mol. The molecular weight excluding hydrogens is 242 g/mol. The third kappa shape index (κ3) is 1.85. The summed E-state index contributed by atoms with van der Waals surface area (Å²) in [6.45, 7) is 0. The highest BCUT2D eigenvalue weighted by molar-refractivity contribution is 9.10. The fourth-order valence-electron chi connectivity index (χ4n) is 1.32. The summed E-state index contributed by atoms with van der Waals surface area (Å²) >= 11 is 3.43. The van der Waals surface area contributed by atoms with Crippen LogP contribution in [0.5, 0.6) is 0 Å². The summed E-state index contributed by atoms with van der Waals surface area (Å²) in [5.74, 6) is 0. The highest BCUT2D eigenvalue weighted by atomic mass is 79.9. The molecule has 0 bridgehead atoms. The standard InChI is InChI=1S/C10H10BrN3/c1-14-7-13-10(11)9(14)6-8-2-4-12-5-3-8/h2-5,7H,6H2,1H3. The minimum absolute atomic E-state index is 0.875. The minimum atomic E-state index is 0.875. The number of hydrogen-bond acceptors (Lipinski definition) is 2. The van der Waals surface area contributed by atoms with Crippen molar-refractivity contribution in [3.63, 3.8) is 0 Å². The van der Waals surface area contributed by atoms with E-state index in [-0.39, 0.29) is 0 Å². The summed E-state index contributed by atoms with van der Waals surface area (Å²) in [6.07, 6.45) is 6.29. The van der Waals surface area contributed by atoms with Crippen LogP contribution in [-0.4, -0.2) is 14.5 Å². The molecule has 0 radical (unpaired) electrons. The van der Waals surface area contributed by atoms with Crippen LogP contribution in [0.15, 0.2) is 35.5 Å². The zero-order valence-electron chi connectivity index (χ0n) is 7.81. The first-order chi connectivity index (χ1) is 6.77. The Labute approximate surface area is 90.9 Å². The van der Waals surface area contributed by atoms with Crippen molar-refractivity contribution in [1.29, 1.82) is 0 Å². The second kappa shape index (κ2) is 3.92. The zero-order valence-corrected chi connectivity index (χ0v) is 9.40. The topological polar surface area (TPSA) is 30.7 Å².